The third kappa shape index (κ3) is 2.49. The molecule has 0 spiro atoms. The van der Waals surface area contributed by atoms with Crippen LogP contribution < -0.4 is 5.32 Å². The van der Waals surface area contributed by atoms with Crippen molar-refractivity contribution in [2.75, 3.05) is 11.9 Å². The lowest BCUT2D eigenvalue weighted by Gasteiger charge is -2.12. The summed E-state index contributed by atoms with van der Waals surface area (Å²) < 4.78 is 5.26. The van der Waals surface area contributed by atoms with Gasteiger partial charge in [0, 0.05) is 12.3 Å². The zero-order chi connectivity index (χ0) is 10.7. The van der Waals surface area contributed by atoms with Gasteiger partial charge in [-0.1, -0.05) is 18.2 Å². The fraction of sp³-hybridized carbons (Fsp3) is 0.364. The van der Waals surface area contributed by atoms with Crippen LogP contribution in [0.4, 0.5) is 5.69 Å². The number of benzene rings is 1. The van der Waals surface area contributed by atoms with Gasteiger partial charge >= 0.3 is 0 Å². The third-order valence-corrected chi connectivity index (χ3v) is 2.77. The van der Waals surface area contributed by atoms with E-state index in [9.17, 15) is 4.79 Å². The average Bonchev–Trinajstić information content (AvgIpc) is 2.66. The molecule has 15 heavy (non-hydrogen) atoms. The van der Waals surface area contributed by atoms with Crippen molar-refractivity contribution >= 4 is 23.2 Å². The van der Waals surface area contributed by atoms with E-state index in [-0.39, 0.29) is 11.3 Å². The Morgan fingerprint density at radius 1 is 1.40 bits per heavy atom. The first-order chi connectivity index (χ1) is 7.27. The Kier molecular flexibility index (Phi) is 3.23. The van der Waals surface area contributed by atoms with Gasteiger partial charge in [-0.05, 0) is 18.6 Å². The van der Waals surface area contributed by atoms with Crippen molar-refractivity contribution in [1.29, 1.82) is 0 Å². The number of amides is 1. The minimum Gasteiger partial charge on any atom is -0.367 e. The molecule has 1 aliphatic heterocycles. The summed E-state index contributed by atoms with van der Waals surface area (Å²) in [6.07, 6.45) is 0.209. The van der Waals surface area contributed by atoms with Crippen molar-refractivity contribution in [3.8, 4) is 0 Å². The van der Waals surface area contributed by atoms with Crippen LogP contribution in [-0.4, -0.2) is 24.0 Å². The monoisotopic (exact) mass is 225 g/mol. The van der Waals surface area contributed by atoms with Crippen molar-refractivity contribution in [1.82, 2.24) is 0 Å². The normalized spacial score (nSPS) is 25.1. The molecule has 1 saturated heterocycles. The summed E-state index contributed by atoms with van der Waals surface area (Å²) in [4.78, 5) is 11.7. The van der Waals surface area contributed by atoms with Crippen LogP contribution in [0.5, 0.6) is 0 Å². The van der Waals surface area contributed by atoms with Crippen LogP contribution in [0.3, 0.4) is 0 Å². The molecule has 1 aromatic rings. The van der Waals surface area contributed by atoms with E-state index in [1.807, 2.05) is 30.3 Å². The maximum atomic E-state index is 11.7. The SMILES string of the molecule is O=C(Nc1ccccc1)C1OCCC1Cl. The highest BCUT2D eigenvalue weighted by atomic mass is 35.5. The summed E-state index contributed by atoms with van der Waals surface area (Å²) in [6, 6.07) is 9.28. The number of hydrogen-bond acceptors (Lipinski definition) is 2. The zero-order valence-electron chi connectivity index (χ0n) is 8.15. The lowest BCUT2D eigenvalue weighted by molar-refractivity contribution is -0.124. The molecule has 80 valence electrons. The van der Waals surface area contributed by atoms with Gasteiger partial charge in [0.25, 0.3) is 5.91 Å². The highest BCUT2D eigenvalue weighted by molar-refractivity contribution is 6.23. The first-order valence-electron chi connectivity index (χ1n) is 4.89. The zero-order valence-corrected chi connectivity index (χ0v) is 8.91. The molecule has 1 fully saturated rings. The predicted octanol–water partition coefficient (Wildman–Crippen LogP) is 2.02. The van der Waals surface area contributed by atoms with Crippen molar-refractivity contribution in [3.05, 3.63) is 30.3 Å². The number of carbonyl (C=O) groups excluding carboxylic acids is 1. The molecule has 2 atom stereocenters. The quantitative estimate of drug-likeness (QED) is 0.783. The Morgan fingerprint density at radius 2 is 2.13 bits per heavy atom. The van der Waals surface area contributed by atoms with Crippen LogP contribution in [0.15, 0.2) is 30.3 Å². The van der Waals surface area contributed by atoms with Crippen molar-refractivity contribution in [2.24, 2.45) is 0 Å². The van der Waals surface area contributed by atoms with Gasteiger partial charge in [-0.2, -0.15) is 0 Å². The third-order valence-electron chi connectivity index (χ3n) is 2.32. The lowest BCUT2D eigenvalue weighted by atomic mass is 10.2. The standard InChI is InChI=1S/C11H12ClNO2/c12-9-6-7-15-10(9)11(14)13-8-4-2-1-3-5-8/h1-5,9-10H,6-7H2,(H,13,14). The molecule has 1 amide bonds. The smallest absolute Gasteiger partial charge is 0.255 e. The molecule has 1 N–H and O–H groups in total. The van der Waals surface area contributed by atoms with Crippen LogP contribution in [0.2, 0.25) is 0 Å². The maximum absolute atomic E-state index is 11.7. The molecular formula is C11H12ClNO2. The molecule has 0 aromatic heterocycles. The highest BCUT2D eigenvalue weighted by Crippen LogP contribution is 2.20. The summed E-state index contributed by atoms with van der Waals surface area (Å²) in [5.74, 6) is -0.168. The Morgan fingerprint density at radius 3 is 2.73 bits per heavy atom. The average molecular weight is 226 g/mol. The summed E-state index contributed by atoms with van der Waals surface area (Å²) in [5.41, 5.74) is 0.766. The van der Waals surface area contributed by atoms with E-state index in [1.54, 1.807) is 0 Å². The molecule has 2 rings (SSSR count). The molecular weight excluding hydrogens is 214 g/mol. The number of ether oxygens (including phenoxy) is 1. The number of halogens is 1. The molecule has 4 heteroatoms. The van der Waals surface area contributed by atoms with E-state index in [0.717, 1.165) is 12.1 Å². The fourth-order valence-electron chi connectivity index (χ4n) is 1.54. The Balaban J connectivity index is 1.98. The highest BCUT2D eigenvalue weighted by Gasteiger charge is 2.32. The molecule has 2 unspecified atom stereocenters. The number of carbonyl (C=O) groups is 1. The van der Waals surface area contributed by atoms with E-state index >= 15 is 0 Å². The molecule has 1 heterocycles. The van der Waals surface area contributed by atoms with Crippen LogP contribution in [0.1, 0.15) is 6.42 Å². The Bertz CT molecular complexity index is 342. The summed E-state index contributed by atoms with van der Waals surface area (Å²) in [5, 5.41) is 2.55. The lowest BCUT2D eigenvalue weighted by Crippen LogP contribution is -2.32. The van der Waals surface area contributed by atoms with Gasteiger partial charge in [-0.25, -0.2) is 0 Å². The Hall–Kier alpha value is -1.06. The van der Waals surface area contributed by atoms with Crippen LogP contribution in [0.25, 0.3) is 0 Å². The van der Waals surface area contributed by atoms with Gasteiger partial charge in [0.1, 0.15) is 0 Å². The first-order valence-corrected chi connectivity index (χ1v) is 5.32. The predicted molar refractivity (Wildman–Crippen MR) is 59.1 cm³/mol. The van der Waals surface area contributed by atoms with E-state index in [0.29, 0.717) is 6.61 Å². The van der Waals surface area contributed by atoms with E-state index in [1.165, 1.54) is 0 Å². The van der Waals surface area contributed by atoms with Gasteiger partial charge in [0.15, 0.2) is 6.10 Å². The van der Waals surface area contributed by atoms with Gasteiger partial charge < -0.3 is 10.1 Å². The maximum Gasteiger partial charge on any atom is 0.255 e. The minimum absolute atomic E-state index is 0.168. The molecule has 0 bridgehead atoms. The first kappa shape index (κ1) is 10.5. The molecule has 1 aliphatic rings. The topological polar surface area (TPSA) is 38.3 Å². The second kappa shape index (κ2) is 4.64. The fourth-order valence-corrected chi connectivity index (χ4v) is 1.81. The molecule has 0 saturated carbocycles. The van der Waals surface area contributed by atoms with Crippen LogP contribution in [-0.2, 0) is 9.53 Å². The van der Waals surface area contributed by atoms with Crippen molar-refractivity contribution in [3.63, 3.8) is 0 Å². The molecule has 0 aliphatic carbocycles. The van der Waals surface area contributed by atoms with Crippen molar-refractivity contribution < 1.29 is 9.53 Å². The van der Waals surface area contributed by atoms with Crippen LogP contribution in [0, 0.1) is 0 Å². The number of hydrogen-bond donors (Lipinski definition) is 1. The van der Waals surface area contributed by atoms with E-state index < -0.39 is 6.10 Å². The summed E-state index contributed by atoms with van der Waals surface area (Å²) >= 11 is 5.95. The minimum atomic E-state index is -0.521. The number of para-hydroxylation sites is 1. The van der Waals surface area contributed by atoms with Gasteiger partial charge in [0.2, 0.25) is 0 Å². The van der Waals surface area contributed by atoms with Crippen LogP contribution >= 0.6 is 11.6 Å². The van der Waals surface area contributed by atoms with Gasteiger partial charge in [-0.15, -0.1) is 11.6 Å². The number of anilines is 1. The number of alkyl halides is 1. The van der Waals surface area contributed by atoms with Crippen molar-refractivity contribution in [2.45, 2.75) is 17.9 Å². The van der Waals surface area contributed by atoms with E-state index in [4.69, 9.17) is 16.3 Å². The second-order valence-electron chi connectivity index (χ2n) is 3.45. The van der Waals surface area contributed by atoms with Gasteiger partial charge in [-0.3, -0.25) is 4.79 Å². The number of rotatable bonds is 2. The Labute approximate surface area is 93.4 Å². The molecule has 3 nitrogen and oxygen atoms in total. The molecule has 1 aromatic carbocycles. The summed E-state index contributed by atoms with van der Waals surface area (Å²) in [7, 11) is 0. The molecule has 0 radical (unpaired) electrons. The van der Waals surface area contributed by atoms with Gasteiger partial charge in [0.05, 0.1) is 5.38 Å². The number of nitrogens with one attached hydrogen (secondary N) is 1. The largest absolute Gasteiger partial charge is 0.367 e. The summed E-state index contributed by atoms with van der Waals surface area (Å²) in [6.45, 7) is 0.557. The second-order valence-corrected chi connectivity index (χ2v) is 4.01. The van der Waals surface area contributed by atoms with E-state index in [2.05, 4.69) is 5.32 Å².